The van der Waals surface area contributed by atoms with Gasteiger partial charge in [-0.05, 0) is 49.1 Å². The van der Waals surface area contributed by atoms with Crippen LogP contribution in [0, 0.1) is 0 Å². The number of fused-ring (bicyclic) bond motifs is 3. The molecule has 0 radical (unpaired) electrons. The average molecular weight is 494 g/mol. The first-order valence-electron chi connectivity index (χ1n) is 11.3. The second-order valence-corrected chi connectivity index (χ2v) is 9.63. The Balaban J connectivity index is 1.42. The predicted octanol–water partition coefficient (Wildman–Crippen LogP) is 4.32. The molecule has 2 aromatic rings. The van der Waals surface area contributed by atoms with E-state index in [1.807, 2.05) is 48.5 Å². The van der Waals surface area contributed by atoms with E-state index in [1.165, 1.54) is 16.4 Å². The monoisotopic (exact) mass is 493 g/mol. The molecule has 1 amide bonds. The van der Waals surface area contributed by atoms with Crippen molar-refractivity contribution in [3.8, 4) is 17.1 Å². The molecule has 0 aliphatic carbocycles. The van der Waals surface area contributed by atoms with Crippen molar-refractivity contribution in [1.29, 1.82) is 0 Å². The fourth-order valence-corrected chi connectivity index (χ4v) is 5.32. The molecule has 0 saturated carbocycles. The summed E-state index contributed by atoms with van der Waals surface area (Å²) in [6.07, 6.45) is 3.91. The second-order valence-electron chi connectivity index (χ2n) is 8.25. The van der Waals surface area contributed by atoms with Crippen molar-refractivity contribution in [2.24, 2.45) is 0 Å². The van der Waals surface area contributed by atoms with Crippen molar-refractivity contribution in [3.05, 3.63) is 81.2 Å². The van der Waals surface area contributed by atoms with E-state index in [4.69, 9.17) is 16.6 Å². The largest absolute Gasteiger partial charge is 0.351 e. The Hall–Kier alpha value is -3.10. The highest BCUT2D eigenvalue weighted by atomic mass is 35.5. The van der Waals surface area contributed by atoms with Gasteiger partial charge in [0.1, 0.15) is 5.56 Å². The number of para-hydroxylation sites is 1. The molecule has 174 valence electrons. The molecule has 5 rings (SSSR count). The molecule has 0 spiro atoms. The Morgan fingerprint density at radius 2 is 1.94 bits per heavy atom. The summed E-state index contributed by atoms with van der Waals surface area (Å²) in [4.78, 5) is 30.6. The third-order valence-corrected chi connectivity index (χ3v) is 7.09. The van der Waals surface area contributed by atoms with E-state index in [1.54, 1.807) is 6.07 Å². The molecule has 2 aromatic carbocycles. The van der Waals surface area contributed by atoms with Crippen molar-refractivity contribution in [2.45, 2.75) is 43.9 Å². The zero-order valence-electron chi connectivity index (χ0n) is 18.5. The SMILES string of the molecule is O=C(CSc1nc2nn(-c3ccccc3)c(=O)c-2c2n1CCCCC2)NCc1cccc(Cl)c1. The first kappa shape index (κ1) is 22.7. The summed E-state index contributed by atoms with van der Waals surface area (Å²) in [6, 6.07) is 16.8. The third kappa shape index (κ3) is 4.74. The molecule has 0 bridgehead atoms. The number of amides is 1. The van der Waals surface area contributed by atoms with Gasteiger partial charge in [-0.3, -0.25) is 9.59 Å². The number of nitrogens with zero attached hydrogens (tertiary/aromatic N) is 4. The number of hydrogen-bond acceptors (Lipinski definition) is 5. The summed E-state index contributed by atoms with van der Waals surface area (Å²) in [7, 11) is 0. The molecule has 0 atom stereocenters. The lowest BCUT2D eigenvalue weighted by molar-refractivity contribution is -0.118. The number of carbonyl (C=O) groups excluding carboxylic acids is 1. The van der Waals surface area contributed by atoms with Gasteiger partial charge in [0.25, 0.3) is 5.56 Å². The highest BCUT2D eigenvalue weighted by Crippen LogP contribution is 2.30. The smallest absolute Gasteiger partial charge is 0.284 e. The minimum absolute atomic E-state index is 0.0887. The third-order valence-electron chi connectivity index (χ3n) is 5.88. The van der Waals surface area contributed by atoms with Gasteiger partial charge in [-0.2, -0.15) is 4.68 Å². The van der Waals surface area contributed by atoms with E-state index in [-0.39, 0.29) is 17.2 Å². The number of carbonyl (C=O) groups is 1. The molecule has 3 aliphatic heterocycles. The Labute approximate surface area is 206 Å². The number of thioether (sulfide) groups is 1. The van der Waals surface area contributed by atoms with E-state index < -0.39 is 0 Å². The van der Waals surface area contributed by atoms with Crippen LogP contribution < -0.4 is 10.9 Å². The normalized spacial score (nSPS) is 13.4. The van der Waals surface area contributed by atoms with Crippen LogP contribution in [0.2, 0.25) is 5.02 Å². The van der Waals surface area contributed by atoms with Gasteiger partial charge in [0, 0.05) is 23.8 Å². The number of benzene rings is 2. The molecule has 3 aliphatic rings. The van der Waals surface area contributed by atoms with Crippen LogP contribution in [0.4, 0.5) is 0 Å². The minimum atomic E-state index is -0.143. The molecule has 0 saturated heterocycles. The fraction of sp³-hybridized carbons (Fsp3) is 0.280. The van der Waals surface area contributed by atoms with Gasteiger partial charge in [-0.1, -0.05) is 60.1 Å². The van der Waals surface area contributed by atoms with Gasteiger partial charge in [0.15, 0.2) is 11.0 Å². The fourth-order valence-electron chi connectivity index (χ4n) is 4.24. The maximum Gasteiger partial charge on any atom is 0.284 e. The summed E-state index contributed by atoms with van der Waals surface area (Å²) in [5.41, 5.74) is 3.07. The maximum atomic E-state index is 13.3. The molecule has 3 heterocycles. The van der Waals surface area contributed by atoms with Gasteiger partial charge in [-0.15, -0.1) is 5.10 Å². The van der Waals surface area contributed by atoms with Crippen LogP contribution in [-0.4, -0.2) is 31.0 Å². The summed E-state index contributed by atoms with van der Waals surface area (Å²) < 4.78 is 3.54. The molecule has 9 heteroatoms. The Kier molecular flexibility index (Phi) is 6.69. The van der Waals surface area contributed by atoms with Crippen molar-refractivity contribution in [2.75, 3.05) is 5.75 Å². The molecular weight excluding hydrogens is 470 g/mol. The summed E-state index contributed by atoms with van der Waals surface area (Å²) in [6.45, 7) is 1.19. The molecule has 0 unspecified atom stereocenters. The van der Waals surface area contributed by atoms with E-state index in [9.17, 15) is 9.59 Å². The van der Waals surface area contributed by atoms with Gasteiger partial charge in [-0.25, -0.2) is 4.98 Å². The van der Waals surface area contributed by atoms with Gasteiger partial charge < -0.3 is 9.88 Å². The lowest BCUT2D eigenvalue weighted by Gasteiger charge is -2.17. The van der Waals surface area contributed by atoms with Crippen LogP contribution in [0.1, 0.15) is 30.5 Å². The van der Waals surface area contributed by atoms with E-state index in [0.29, 0.717) is 28.6 Å². The number of nitrogens with one attached hydrogen (secondary N) is 1. The maximum absolute atomic E-state index is 13.3. The highest BCUT2D eigenvalue weighted by Gasteiger charge is 2.27. The number of rotatable bonds is 6. The number of aromatic nitrogens is 4. The van der Waals surface area contributed by atoms with Gasteiger partial charge in [0.05, 0.1) is 11.4 Å². The lowest BCUT2D eigenvalue weighted by atomic mass is 10.1. The summed E-state index contributed by atoms with van der Waals surface area (Å²) in [5, 5.41) is 8.85. The number of hydrogen-bond donors (Lipinski definition) is 1. The van der Waals surface area contributed by atoms with Crippen LogP contribution in [-0.2, 0) is 24.3 Å². The van der Waals surface area contributed by atoms with Crippen molar-refractivity contribution in [1.82, 2.24) is 24.6 Å². The quantitative estimate of drug-likeness (QED) is 0.319. The van der Waals surface area contributed by atoms with Crippen LogP contribution in [0.25, 0.3) is 17.1 Å². The predicted molar refractivity (Wildman–Crippen MR) is 134 cm³/mol. The molecule has 34 heavy (non-hydrogen) atoms. The first-order chi connectivity index (χ1) is 16.6. The second kappa shape index (κ2) is 10.0. The molecule has 0 aromatic heterocycles. The van der Waals surface area contributed by atoms with Crippen molar-refractivity contribution in [3.63, 3.8) is 0 Å². The first-order valence-corrected chi connectivity index (χ1v) is 12.7. The standard InChI is InChI=1S/C25H24ClN5O2S/c26-18-9-7-8-17(14-18)15-27-21(32)16-34-25-28-23-22(20-12-5-2-6-13-30(20)25)24(33)31(29-23)19-10-3-1-4-11-19/h1,3-4,7-11,14H,2,5-6,12-13,15-16H2,(H,27,32). The summed E-state index contributed by atoms with van der Waals surface area (Å²) in [5.74, 6) is 0.570. The van der Waals surface area contributed by atoms with Gasteiger partial charge in [0.2, 0.25) is 5.91 Å². The average Bonchev–Trinajstić information content (AvgIpc) is 3.01. The Morgan fingerprint density at radius 1 is 1.09 bits per heavy atom. The van der Waals surface area contributed by atoms with E-state index in [0.717, 1.165) is 48.6 Å². The van der Waals surface area contributed by atoms with Crippen LogP contribution >= 0.6 is 23.4 Å². The molecule has 7 nitrogen and oxygen atoms in total. The molecule has 0 fully saturated rings. The molecule has 1 N–H and O–H groups in total. The van der Waals surface area contributed by atoms with Crippen molar-refractivity contribution < 1.29 is 4.79 Å². The minimum Gasteiger partial charge on any atom is -0.351 e. The number of halogens is 1. The topological polar surface area (TPSA) is 81.8 Å². The zero-order chi connectivity index (χ0) is 23.5. The Bertz CT molecular complexity index is 1350. The highest BCUT2D eigenvalue weighted by molar-refractivity contribution is 7.99. The molecular formula is C25H24ClN5O2S. The van der Waals surface area contributed by atoms with Crippen molar-refractivity contribution >= 4 is 29.3 Å². The summed E-state index contributed by atoms with van der Waals surface area (Å²) >= 11 is 7.40. The van der Waals surface area contributed by atoms with Crippen LogP contribution in [0.15, 0.2) is 64.5 Å². The lowest BCUT2D eigenvalue weighted by Crippen LogP contribution is -2.25. The van der Waals surface area contributed by atoms with Crippen LogP contribution in [0.5, 0.6) is 0 Å². The zero-order valence-corrected chi connectivity index (χ0v) is 20.1. The van der Waals surface area contributed by atoms with E-state index in [2.05, 4.69) is 15.0 Å². The van der Waals surface area contributed by atoms with Crippen LogP contribution in [0.3, 0.4) is 0 Å². The Morgan fingerprint density at radius 3 is 2.76 bits per heavy atom. The van der Waals surface area contributed by atoms with E-state index >= 15 is 0 Å². The van der Waals surface area contributed by atoms with Gasteiger partial charge >= 0.3 is 0 Å².